The van der Waals surface area contributed by atoms with Crippen molar-refractivity contribution in [3.8, 4) is 17.0 Å². The molecular weight excluding hydrogens is 318 g/mol. The molecule has 0 spiro atoms. The molecule has 0 aliphatic heterocycles. The largest absolute Gasteiger partial charge is 0.496 e. The van der Waals surface area contributed by atoms with Gasteiger partial charge in [0.1, 0.15) is 21.9 Å². The van der Waals surface area contributed by atoms with Crippen LogP contribution in [0, 0.1) is 6.92 Å². The van der Waals surface area contributed by atoms with Gasteiger partial charge < -0.3 is 15.5 Å². The lowest BCUT2D eigenvalue weighted by molar-refractivity contribution is 0.413. The van der Waals surface area contributed by atoms with Crippen LogP contribution >= 0.6 is 27.5 Å². The smallest absolute Gasteiger partial charge is 0.131 e. The number of methoxy groups -OCH3 is 1. The van der Waals surface area contributed by atoms with Gasteiger partial charge in [-0.1, -0.05) is 11.6 Å². The summed E-state index contributed by atoms with van der Waals surface area (Å²) in [6.07, 6.45) is 0. The molecule has 0 amide bonds. The minimum atomic E-state index is 0.348. The Morgan fingerprint density at radius 3 is 2.78 bits per heavy atom. The van der Waals surface area contributed by atoms with Gasteiger partial charge in [-0.25, -0.2) is 4.98 Å². The van der Waals surface area contributed by atoms with Gasteiger partial charge in [-0.3, -0.25) is 0 Å². The quantitative estimate of drug-likeness (QED) is 0.908. The van der Waals surface area contributed by atoms with E-state index in [1.807, 2.05) is 19.1 Å². The number of hydrogen-bond acceptors (Lipinski definition) is 3. The highest BCUT2D eigenvalue weighted by molar-refractivity contribution is 9.10. The summed E-state index contributed by atoms with van der Waals surface area (Å²) in [6, 6.07) is 3.68. The Hall–Kier alpha value is -1.04. The molecule has 0 aliphatic carbocycles. The van der Waals surface area contributed by atoms with Crippen LogP contribution in [0.2, 0.25) is 5.02 Å². The molecule has 3 N–H and O–H groups in total. The number of H-pyrrole nitrogens is 1. The minimum Gasteiger partial charge on any atom is -0.496 e. The molecule has 0 radical (unpaired) electrons. The van der Waals surface area contributed by atoms with Crippen molar-refractivity contribution in [2.24, 2.45) is 5.73 Å². The van der Waals surface area contributed by atoms with E-state index in [0.29, 0.717) is 17.4 Å². The maximum Gasteiger partial charge on any atom is 0.131 e. The average Bonchev–Trinajstić information content (AvgIpc) is 2.69. The molecule has 0 atom stereocenters. The van der Waals surface area contributed by atoms with Crippen molar-refractivity contribution in [1.82, 2.24) is 9.97 Å². The molecule has 0 saturated carbocycles. The molecule has 1 aromatic heterocycles. The Kier molecular flexibility index (Phi) is 3.94. The number of benzene rings is 1. The van der Waals surface area contributed by atoms with Crippen LogP contribution in [0.3, 0.4) is 0 Å². The molecule has 0 unspecified atom stereocenters. The van der Waals surface area contributed by atoms with E-state index >= 15 is 0 Å². The fourth-order valence-corrected chi connectivity index (χ4v) is 2.65. The average molecular weight is 331 g/mol. The molecule has 2 aromatic rings. The molecule has 18 heavy (non-hydrogen) atoms. The van der Waals surface area contributed by atoms with Gasteiger partial charge in [-0.05, 0) is 40.5 Å². The van der Waals surface area contributed by atoms with Gasteiger partial charge >= 0.3 is 0 Å². The molecule has 0 aliphatic rings. The summed E-state index contributed by atoms with van der Waals surface area (Å²) in [5.74, 6) is 1.46. The fourth-order valence-electron chi connectivity index (χ4n) is 1.85. The van der Waals surface area contributed by atoms with Crippen molar-refractivity contribution in [3.05, 3.63) is 33.1 Å². The molecule has 6 heteroatoms. The molecule has 96 valence electrons. The van der Waals surface area contributed by atoms with E-state index in [1.54, 1.807) is 7.11 Å². The Bertz CT molecular complexity index is 583. The van der Waals surface area contributed by atoms with Crippen LogP contribution in [0.4, 0.5) is 0 Å². The van der Waals surface area contributed by atoms with E-state index in [4.69, 9.17) is 22.1 Å². The number of rotatable bonds is 3. The van der Waals surface area contributed by atoms with Crippen molar-refractivity contribution in [1.29, 1.82) is 0 Å². The zero-order valence-electron chi connectivity index (χ0n) is 10.1. The van der Waals surface area contributed by atoms with E-state index < -0.39 is 0 Å². The van der Waals surface area contributed by atoms with E-state index in [1.165, 1.54) is 0 Å². The Morgan fingerprint density at radius 1 is 1.50 bits per heavy atom. The van der Waals surface area contributed by atoms with Gasteiger partial charge in [0.2, 0.25) is 0 Å². The monoisotopic (exact) mass is 329 g/mol. The van der Waals surface area contributed by atoms with Gasteiger partial charge in [0.05, 0.1) is 13.7 Å². The van der Waals surface area contributed by atoms with E-state index in [-0.39, 0.29) is 0 Å². The topological polar surface area (TPSA) is 63.9 Å². The summed E-state index contributed by atoms with van der Waals surface area (Å²) in [6.45, 7) is 2.29. The van der Waals surface area contributed by atoms with Gasteiger partial charge in [0.25, 0.3) is 0 Å². The molecule has 4 nitrogen and oxygen atoms in total. The van der Waals surface area contributed by atoms with Crippen LogP contribution in [-0.2, 0) is 6.54 Å². The number of aromatic amines is 1. The number of nitrogens with one attached hydrogen (secondary N) is 1. The summed E-state index contributed by atoms with van der Waals surface area (Å²) in [5, 5.41) is 0.646. The van der Waals surface area contributed by atoms with Crippen LogP contribution < -0.4 is 10.5 Å². The maximum atomic E-state index is 6.09. The number of aromatic nitrogens is 2. The summed E-state index contributed by atoms with van der Waals surface area (Å²) in [5.41, 5.74) is 8.12. The number of halogens is 2. The SMILES string of the molecule is COc1c(C)cc(Cl)cc1-c1nc(CN)[nH]c1Br. The first kappa shape index (κ1) is 13.4. The second-order valence-electron chi connectivity index (χ2n) is 3.85. The second kappa shape index (κ2) is 5.30. The van der Waals surface area contributed by atoms with Crippen LogP contribution in [0.1, 0.15) is 11.4 Å². The third kappa shape index (κ3) is 2.39. The van der Waals surface area contributed by atoms with Gasteiger partial charge in [-0.2, -0.15) is 0 Å². The number of imidazole rings is 1. The number of nitrogens with zero attached hydrogens (tertiary/aromatic N) is 1. The number of aryl methyl sites for hydroxylation is 1. The van der Waals surface area contributed by atoms with Crippen molar-refractivity contribution in [2.75, 3.05) is 7.11 Å². The Morgan fingerprint density at radius 2 is 2.22 bits per heavy atom. The highest BCUT2D eigenvalue weighted by Crippen LogP contribution is 2.37. The molecule has 1 heterocycles. The van der Waals surface area contributed by atoms with Crippen molar-refractivity contribution in [2.45, 2.75) is 13.5 Å². The van der Waals surface area contributed by atoms with E-state index in [2.05, 4.69) is 25.9 Å². The third-order valence-corrected chi connectivity index (χ3v) is 3.39. The molecule has 0 fully saturated rings. The molecule has 0 saturated heterocycles. The summed E-state index contributed by atoms with van der Waals surface area (Å²) >= 11 is 9.52. The van der Waals surface area contributed by atoms with Crippen molar-refractivity contribution >= 4 is 27.5 Å². The fraction of sp³-hybridized carbons (Fsp3) is 0.250. The Balaban J connectivity index is 2.65. The minimum absolute atomic E-state index is 0.348. The van der Waals surface area contributed by atoms with Crippen LogP contribution in [-0.4, -0.2) is 17.1 Å². The second-order valence-corrected chi connectivity index (χ2v) is 5.08. The zero-order valence-corrected chi connectivity index (χ0v) is 12.4. The molecule has 0 bridgehead atoms. The first-order valence-electron chi connectivity index (χ1n) is 5.35. The molecular formula is C12H13BrClN3O. The number of hydrogen-bond donors (Lipinski definition) is 2. The van der Waals surface area contributed by atoms with Gasteiger partial charge in [0, 0.05) is 10.6 Å². The predicted octanol–water partition coefficient (Wildman–Crippen LogP) is 3.27. The summed E-state index contributed by atoms with van der Waals surface area (Å²) in [4.78, 5) is 7.49. The first-order chi connectivity index (χ1) is 8.56. The zero-order chi connectivity index (χ0) is 13.3. The first-order valence-corrected chi connectivity index (χ1v) is 6.53. The molecule has 2 rings (SSSR count). The number of nitrogens with two attached hydrogens (primary N) is 1. The maximum absolute atomic E-state index is 6.09. The number of ether oxygens (including phenoxy) is 1. The highest BCUT2D eigenvalue weighted by atomic mass is 79.9. The van der Waals surface area contributed by atoms with Gasteiger partial charge in [-0.15, -0.1) is 0 Å². The normalized spacial score (nSPS) is 10.7. The van der Waals surface area contributed by atoms with Gasteiger partial charge in [0.15, 0.2) is 0 Å². The van der Waals surface area contributed by atoms with E-state index in [0.717, 1.165) is 27.2 Å². The standard InChI is InChI=1S/C12H13BrClN3O/c1-6-3-7(14)4-8(11(6)18-2)10-12(13)17-9(5-15)16-10/h3-4H,5,15H2,1-2H3,(H,16,17). The van der Waals surface area contributed by atoms with E-state index in [9.17, 15) is 0 Å². The predicted molar refractivity (Wildman–Crippen MR) is 75.9 cm³/mol. The lowest BCUT2D eigenvalue weighted by Gasteiger charge is -2.10. The summed E-state index contributed by atoms with van der Waals surface area (Å²) < 4.78 is 6.19. The molecule has 1 aromatic carbocycles. The highest BCUT2D eigenvalue weighted by Gasteiger charge is 2.16. The third-order valence-electron chi connectivity index (χ3n) is 2.60. The van der Waals surface area contributed by atoms with Crippen LogP contribution in [0.15, 0.2) is 16.7 Å². The summed E-state index contributed by atoms with van der Waals surface area (Å²) in [7, 11) is 1.63. The van der Waals surface area contributed by atoms with Crippen LogP contribution in [0.25, 0.3) is 11.3 Å². The van der Waals surface area contributed by atoms with Crippen molar-refractivity contribution < 1.29 is 4.74 Å². The lowest BCUT2D eigenvalue weighted by Crippen LogP contribution is -1.98. The Labute approximate surface area is 119 Å². The lowest BCUT2D eigenvalue weighted by atomic mass is 10.1. The van der Waals surface area contributed by atoms with Crippen LogP contribution in [0.5, 0.6) is 5.75 Å². The van der Waals surface area contributed by atoms with Crippen molar-refractivity contribution in [3.63, 3.8) is 0 Å².